The molecule has 0 spiro atoms. The number of fused-ring (bicyclic) bond motifs is 1. The van der Waals surface area contributed by atoms with Gasteiger partial charge < -0.3 is 15.2 Å². The summed E-state index contributed by atoms with van der Waals surface area (Å²) in [4.78, 5) is 8.20. The first-order valence-corrected chi connectivity index (χ1v) is 11.2. The number of nitrogens with zero attached hydrogens (tertiary/aromatic N) is 3. The van der Waals surface area contributed by atoms with Crippen LogP contribution in [0.2, 0.25) is 0 Å². The molecule has 0 aliphatic rings. The Labute approximate surface area is 174 Å². The van der Waals surface area contributed by atoms with Gasteiger partial charge in [-0.15, -0.1) is 0 Å². The predicted molar refractivity (Wildman–Crippen MR) is 112 cm³/mol. The van der Waals surface area contributed by atoms with Crippen LogP contribution in [0.25, 0.3) is 16.9 Å². The molecule has 3 aromatic heterocycles. The number of anilines is 1. The summed E-state index contributed by atoms with van der Waals surface area (Å²) in [5.41, 5.74) is 1.47. The third kappa shape index (κ3) is 4.39. The van der Waals surface area contributed by atoms with Gasteiger partial charge in [0.05, 0.1) is 23.7 Å². The Balaban J connectivity index is 2.15. The Hall–Kier alpha value is -2.72. The van der Waals surface area contributed by atoms with Gasteiger partial charge in [0.1, 0.15) is 22.1 Å². The molecule has 0 bridgehead atoms. The van der Waals surface area contributed by atoms with Crippen molar-refractivity contribution in [2.75, 3.05) is 25.1 Å². The van der Waals surface area contributed by atoms with E-state index in [2.05, 4.69) is 15.3 Å². The zero-order chi connectivity index (χ0) is 21.9. The maximum atomic E-state index is 14.1. The Morgan fingerprint density at radius 2 is 2.07 bits per heavy atom. The van der Waals surface area contributed by atoms with Crippen LogP contribution in [0.3, 0.4) is 0 Å². The largest absolute Gasteiger partial charge is 0.492 e. The van der Waals surface area contributed by atoms with Crippen LogP contribution in [0.1, 0.15) is 27.2 Å². The van der Waals surface area contributed by atoms with E-state index in [0.29, 0.717) is 42.3 Å². The second-order valence-electron chi connectivity index (χ2n) is 6.97. The summed E-state index contributed by atoms with van der Waals surface area (Å²) in [6.45, 7) is 5.74. The number of nitrogens with one attached hydrogen (secondary N) is 1. The smallest absolute Gasteiger partial charge is 0.215 e. The van der Waals surface area contributed by atoms with Crippen molar-refractivity contribution in [2.24, 2.45) is 0 Å². The number of aliphatic hydroxyl groups is 1. The fourth-order valence-electron chi connectivity index (χ4n) is 2.97. The van der Waals surface area contributed by atoms with E-state index in [0.717, 1.165) is 0 Å². The summed E-state index contributed by atoms with van der Waals surface area (Å²) < 4.78 is 47.0. The monoisotopic (exact) mass is 436 g/mol. The van der Waals surface area contributed by atoms with Crippen LogP contribution < -0.4 is 10.1 Å². The van der Waals surface area contributed by atoms with Crippen molar-refractivity contribution in [3.8, 4) is 17.0 Å². The van der Waals surface area contributed by atoms with Crippen molar-refractivity contribution in [1.82, 2.24) is 14.4 Å². The minimum atomic E-state index is -3.63. The van der Waals surface area contributed by atoms with Crippen molar-refractivity contribution in [3.63, 3.8) is 0 Å². The maximum Gasteiger partial charge on any atom is 0.215 e. The van der Waals surface area contributed by atoms with Gasteiger partial charge in [0, 0.05) is 37.0 Å². The standard InChI is InChI=1S/C20H25FN4O4S/c1-4-29-16-10-20-23-11-15(25(20)12-17(16)30(27,28)13(2)3)14-8-18(21)24-19(9-14)22-6-5-7-26/h8-13,26H,4-7H2,1-3H3,(H,22,24). The molecule has 3 heterocycles. The number of aliphatic hydroxyl groups excluding tert-OH is 1. The SMILES string of the molecule is CCOc1cc2ncc(-c3cc(F)nc(NCCCO)c3)n2cc1S(=O)(=O)C(C)C. The van der Waals surface area contributed by atoms with E-state index in [1.165, 1.54) is 12.3 Å². The number of pyridine rings is 2. The van der Waals surface area contributed by atoms with Crippen molar-refractivity contribution in [2.45, 2.75) is 37.3 Å². The minimum absolute atomic E-state index is 0.0116. The van der Waals surface area contributed by atoms with Crippen molar-refractivity contribution >= 4 is 21.3 Å². The molecular formula is C20H25FN4O4S. The Bertz CT molecular complexity index is 1150. The summed E-state index contributed by atoms with van der Waals surface area (Å²) >= 11 is 0. The van der Waals surface area contributed by atoms with Crippen LogP contribution in [0.4, 0.5) is 10.2 Å². The van der Waals surface area contributed by atoms with Crippen molar-refractivity contribution in [1.29, 1.82) is 0 Å². The van der Waals surface area contributed by atoms with Crippen LogP contribution >= 0.6 is 0 Å². The lowest BCUT2D eigenvalue weighted by Gasteiger charge is -2.14. The summed E-state index contributed by atoms with van der Waals surface area (Å²) in [5, 5.41) is 11.2. The minimum Gasteiger partial charge on any atom is -0.492 e. The zero-order valence-corrected chi connectivity index (χ0v) is 17.9. The van der Waals surface area contributed by atoms with Crippen molar-refractivity contribution < 1.29 is 22.7 Å². The fraction of sp³-hybridized carbons (Fsp3) is 0.400. The third-order valence-electron chi connectivity index (χ3n) is 4.53. The molecule has 0 aliphatic heterocycles. The highest BCUT2D eigenvalue weighted by Crippen LogP contribution is 2.32. The van der Waals surface area contributed by atoms with Gasteiger partial charge in [0.15, 0.2) is 9.84 Å². The fourth-order valence-corrected chi connectivity index (χ4v) is 4.13. The van der Waals surface area contributed by atoms with Gasteiger partial charge >= 0.3 is 0 Å². The average Bonchev–Trinajstić information content (AvgIpc) is 3.10. The summed E-state index contributed by atoms with van der Waals surface area (Å²) in [6.07, 6.45) is 3.51. The molecule has 3 aromatic rings. The number of sulfone groups is 1. The van der Waals surface area contributed by atoms with E-state index in [9.17, 15) is 12.8 Å². The highest BCUT2D eigenvalue weighted by Gasteiger charge is 2.26. The molecule has 3 rings (SSSR count). The lowest BCUT2D eigenvalue weighted by Crippen LogP contribution is -2.16. The molecule has 8 nitrogen and oxygen atoms in total. The Kier molecular flexibility index (Phi) is 6.57. The molecular weight excluding hydrogens is 411 g/mol. The highest BCUT2D eigenvalue weighted by molar-refractivity contribution is 7.92. The third-order valence-corrected chi connectivity index (χ3v) is 6.69. The molecule has 0 atom stereocenters. The van der Waals surface area contributed by atoms with Crippen LogP contribution in [-0.2, 0) is 9.84 Å². The molecule has 0 fully saturated rings. The van der Waals surface area contributed by atoms with Gasteiger partial charge in [-0.3, -0.25) is 4.40 Å². The first-order chi connectivity index (χ1) is 14.3. The number of ether oxygens (including phenoxy) is 1. The molecule has 0 aliphatic carbocycles. The number of imidazole rings is 1. The second kappa shape index (κ2) is 8.97. The van der Waals surface area contributed by atoms with E-state index in [-0.39, 0.29) is 17.3 Å². The number of hydrogen-bond acceptors (Lipinski definition) is 7. The van der Waals surface area contributed by atoms with E-state index in [1.54, 1.807) is 43.5 Å². The number of hydrogen-bond donors (Lipinski definition) is 2. The molecule has 0 amide bonds. The van der Waals surface area contributed by atoms with Gasteiger partial charge in [-0.2, -0.15) is 4.39 Å². The lowest BCUT2D eigenvalue weighted by molar-refractivity contribution is 0.292. The van der Waals surface area contributed by atoms with Gasteiger partial charge in [0.25, 0.3) is 0 Å². The summed E-state index contributed by atoms with van der Waals surface area (Å²) in [5.74, 6) is -0.132. The topological polar surface area (TPSA) is 106 Å². The zero-order valence-electron chi connectivity index (χ0n) is 17.1. The molecule has 0 saturated heterocycles. The number of halogens is 1. The predicted octanol–water partition coefficient (Wildman–Crippen LogP) is 2.91. The quantitative estimate of drug-likeness (QED) is 0.392. The van der Waals surface area contributed by atoms with Crippen molar-refractivity contribution in [3.05, 3.63) is 36.5 Å². The molecule has 162 valence electrons. The molecule has 0 radical (unpaired) electrons. The molecule has 0 saturated carbocycles. The van der Waals surface area contributed by atoms with Gasteiger partial charge in [-0.25, -0.2) is 18.4 Å². The number of aromatic nitrogens is 3. The number of rotatable bonds is 9. The molecule has 0 aromatic carbocycles. The van der Waals surface area contributed by atoms with E-state index < -0.39 is 21.0 Å². The lowest BCUT2D eigenvalue weighted by atomic mass is 10.2. The second-order valence-corrected chi connectivity index (χ2v) is 9.44. The van der Waals surface area contributed by atoms with Gasteiger partial charge in [0.2, 0.25) is 5.95 Å². The normalized spacial score (nSPS) is 11.9. The van der Waals surface area contributed by atoms with Crippen LogP contribution in [0.5, 0.6) is 5.75 Å². The highest BCUT2D eigenvalue weighted by atomic mass is 32.2. The van der Waals surface area contributed by atoms with Crippen LogP contribution in [-0.4, -0.2) is 52.9 Å². The van der Waals surface area contributed by atoms with Crippen LogP contribution in [0.15, 0.2) is 35.5 Å². The summed E-state index contributed by atoms with van der Waals surface area (Å²) in [7, 11) is -3.63. The van der Waals surface area contributed by atoms with E-state index in [1.807, 2.05) is 0 Å². The first kappa shape index (κ1) is 22.0. The first-order valence-electron chi connectivity index (χ1n) is 9.68. The maximum absolute atomic E-state index is 14.1. The molecule has 30 heavy (non-hydrogen) atoms. The van der Waals surface area contributed by atoms with E-state index in [4.69, 9.17) is 9.84 Å². The molecule has 0 unspecified atom stereocenters. The Morgan fingerprint density at radius 3 is 2.73 bits per heavy atom. The molecule has 10 heteroatoms. The van der Waals surface area contributed by atoms with E-state index >= 15 is 0 Å². The summed E-state index contributed by atoms with van der Waals surface area (Å²) in [6, 6.07) is 4.48. The van der Waals surface area contributed by atoms with Gasteiger partial charge in [-0.1, -0.05) is 0 Å². The van der Waals surface area contributed by atoms with Crippen LogP contribution in [0, 0.1) is 5.95 Å². The Morgan fingerprint density at radius 1 is 1.30 bits per heavy atom. The van der Waals surface area contributed by atoms with Gasteiger partial charge in [-0.05, 0) is 33.3 Å². The average molecular weight is 437 g/mol. The molecule has 2 N–H and O–H groups in total.